The van der Waals surface area contributed by atoms with E-state index in [2.05, 4.69) is 38.8 Å². The first-order chi connectivity index (χ1) is 12.8. The molecule has 0 atom stereocenters. The maximum Gasteiger partial charge on any atom is 0.271 e. The van der Waals surface area contributed by atoms with E-state index < -0.39 is 0 Å². The molecule has 3 rings (SSSR count). The van der Waals surface area contributed by atoms with E-state index in [1.165, 1.54) is 43.0 Å². The molecule has 0 radical (unpaired) electrons. The van der Waals surface area contributed by atoms with Gasteiger partial charge in [0.1, 0.15) is 11.5 Å². The van der Waals surface area contributed by atoms with Gasteiger partial charge in [-0.2, -0.15) is 0 Å². The molecule has 136 valence electrons. The molecule has 0 fully saturated rings. The van der Waals surface area contributed by atoms with Crippen LogP contribution in [0.1, 0.15) is 48.2 Å². The first-order valence-corrected chi connectivity index (χ1v) is 9.37. The number of hydrogen-bond donors (Lipinski definition) is 2. The summed E-state index contributed by atoms with van der Waals surface area (Å²) in [4.78, 5) is 20.6. The molecule has 1 aromatic carbocycles. The van der Waals surface area contributed by atoms with E-state index >= 15 is 0 Å². The van der Waals surface area contributed by atoms with Crippen LogP contribution in [0, 0.1) is 0 Å². The van der Waals surface area contributed by atoms with Crippen LogP contribution in [-0.2, 0) is 6.42 Å². The van der Waals surface area contributed by atoms with Crippen LogP contribution in [0.2, 0.25) is 0 Å². The number of amides is 1. The van der Waals surface area contributed by atoms with E-state index in [9.17, 15) is 4.79 Å². The second-order valence-electron chi connectivity index (χ2n) is 6.56. The van der Waals surface area contributed by atoms with Crippen LogP contribution in [0.4, 0.5) is 5.82 Å². The Kier molecular flexibility index (Phi) is 6.76. The highest BCUT2D eigenvalue weighted by molar-refractivity contribution is 5.91. The minimum absolute atomic E-state index is 0.188. The fourth-order valence-corrected chi connectivity index (χ4v) is 3.08. The Bertz CT molecular complexity index is 725. The summed E-state index contributed by atoms with van der Waals surface area (Å²) in [6, 6.07) is 10.1. The third-order valence-corrected chi connectivity index (χ3v) is 4.56. The molecule has 1 heterocycles. The fraction of sp³-hybridized carbons (Fsp3) is 0.381. The summed E-state index contributed by atoms with van der Waals surface area (Å²) in [6.45, 7) is 1.43. The number of carbonyl (C=O) groups excluding carboxylic acids is 1. The van der Waals surface area contributed by atoms with Gasteiger partial charge in [-0.1, -0.05) is 42.0 Å². The highest BCUT2D eigenvalue weighted by atomic mass is 16.1. The maximum atomic E-state index is 12.1. The summed E-state index contributed by atoms with van der Waals surface area (Å²) in [5, 5.41) is 6.16. The van der Waals surface area contributed by atoms with Crippen molar-refractivity contribution in [3.8, 4) is 0 Å². The van der Waals surface area contributed by atoms with Gasteiger partial charge in [0.25, 0.3) is 5.91 Å². The van der Waals surface area contributed by atoms with Crippen molar-refractivity contribution < 1.29 is 4.79 Å². The summed E-state index contributed by atoms with van der Waals surface area (Å²) < 4.78 is 0. The lowest BCUT2D eigenvalue weighted by Gasteiger charge is -2.13. The summed E-state index contributed by atoms with van der Waals surface area (Å²) in [5.74, 6) is 0.523. The molecule has 2 aromatic rings. The molecule has 2 N–H and O–H groups in total. The molecule has 0 spiro atoms. The van der Waals surface area contributed by atoms with Crippen molar-refractivity contribution in [2.45, 2.75) is 38.5 Å². The Balaban J connectivity index is 1.40. The highest BCUT2D eigenvalue weighted by Crippen LogP contribution is 2.19. The van der Waals surface area contributed by atoms with Crippen LogP contribution < -0.4 is 10.6 Å². The molecule has 0 saturated heterocycles. The van der Waals surface area contributed by atoms with E-state index in [1.54, 1.807) is 6.20 Å². The van der Waals surface area contributed by atoms with Gasteiger partial charge in [-0.05, 0) is 44.1 Å². The normalized spacial score (nSPS) is 13.8. The maximum absolute atomic E-state index is 12.1. The zero-order valence-electron chi connectivity index (χ0n) is 15.1. The summed E-state index contributed by atoms with van der Waals surface area (Å²) in [6.07, 6.45) is 12.4. The summed E-state index contributed by atoms with van der Waals surface area (Å²) in [5.41, 5.74) is 3.08. The number of benzene rings is 1. The summed E-state index contributed by atoms with van der Waals surface area (Å²) >= 11 is 0. The molecule has 0 aliphatic heterocycles. The Morgan fingerprint density at radius 3 is 2.62 bits per heavy atom. The molecular weight excluding hydrogens is 324 g/mol. The molecular formula is C21H26N4O. The zero-order chi connectivity index (χ0) is 18.0. The Hall–Kier alpha value is -2.69. The van der Waals surface area contributed by atoms with Crippen LogP contribution in [-0.4, -0.2) is 29.0 Å². The molecule has 5 nitrogen and oxygen atoms in total. The molecule has 1 aliphatic carbocycles. The van der Waals surface area contributed by atoms with E-state index in [0.29, 0.717) is 18.1 Å². The molecule has 5 heteroatoms. The topological polar surface area (TPSA) is 66.9 Å². The van der Waals surface area contributed by atoms with Crippen LogP contribution in [0.5, 0.6) is 0 Å². The van der Waals surface area contributed by atoms with Crippen molar-refractivity contribution in [1.29, 1.82) is 0 Å². The zero-order valence-corrected chi connectivity index (χ0v) is 15.1. The van der Waals surface area contributed by atoms with Gasteiger partial charge in [0, 0.05) is 13.1 Å². The van der Waals surface area contributed by atoms with Gasteiger partial charge in [0.2, 0.25) is 0 Å². The molecule has 1 aliphatic rings. The lowest BCUT2D eigenvalue weighted by Crippen LogP contribution is -2.26. The lowest BCUT2D eigenvalue weighted by molar-refractivity contribution is 0.0949. The van der Waals surface area contributed by atoms with E-state index in [0.717, 1.165) is 19.4 Å². The van der Waals surface area contributed by atoms with Crippen molar-refractivity contribution in [1.82, 2.24) is 15.3 Å². The van der Waals surface area contributed by atoms with Gasteiger partial charge in [-0.3, -0.25) is 4.79 Å². The van der Waals surface area contributed by atoms with Crippen molar-refractivity contribution in [2.24, 2.45) is 0 Å². The number of nitrogens with zero attached hydrogens (tertiary/aromatic N) is 2. The van der Waals surface area contributed by atoms with Crippen LogP contribution in [0.15, 0.2) is 54.4 Å². The number of hydrogen-bond acceptors (Lipinski definition) is 4. The molecule has 1 amide bonds. The Morgan fingerprint density at radius 2 is 1.88 bits per heavy atom. The SMILES string of the molecule is O=C(NCCc1ccccc1)c1cnc(NCCC2=CCCCC2)cn1. The van der Waals surface area contributed by atoms with Crippen molar-refractivity contribution in [3.05, 3.63) is 65.6 Å². The van der Waals surface area contributed by atoms with Gasteiger partial charge in [0.05, 0.1) is 12.4 Å². The van der Waals surface area contributed by atoms with E-state index in [4.69, 9.17) is 0 Å². The predicted molar refractivity (Wildman–Crippen MR) is 104 cm³/mol. The monoisotopic (exact) mass is 350 g/mol. The number of carbonyl (C=O) groups is 1. The van der Waals surface area contributed by atoms with E-state index in [-0.39, 0.29) is 5.91 Å². The number of nitrogens with one attached hydrogen (secondary N) is 2. The first-order valence-electron chi connectivity index (χ1n) is 9.37. The Morgan fingerprint density at radius 1 is 1.00 bits per heavy atom. The largest absolute Gasteiger partial charge is 0.368 e. The summed E-state index contributed by atoms with van der Waals surface area (Å²) in [7, 11) is 0. The quantitative estimate of drug-likeness (QED) is 0.712. The average Bonchev–Trinajstić information content (AvgIpc) is 2.70. The van der Waals surface area contributed by atoms with Gasteiger partial charge >= 0.3 is 0 Å². The molecule has 0 unspecified atom stereocenters. The minimum Gasteiger partial charge on any atom is -0.368 e. The Labute approximate surface area is 155 Å². The number of aromatic nitrogens is 2. The van der Waals surface area contributed by atoms with Crippen LogP contribution in [0.25, 0.3) is 0 Å². The number of allylic oxidation sites excluding steroid dienone is 1. The van der Waals surface area contributed by atoms with Crippen LogP contribution >= 0.6 is 0 Å². The smallest absolute Gasteiger partial charge is 0.271 e. The predicted octanol–water partition coefficient (Wildman–Crippen LogP) is 3.75. The number of anilines is 1. The van der Waals surface area contributed by atoms with E-state index in [1.807, 2.05) is 18.2 Å². The van der Waals surface area contributed by atoms with Gasteiger partial charge in [0.15, 0.2) is 0 Å². The molecule has 0 bridgehead atoms. The highest BCUT2D eigenvalue weighted by Gasteiger charge is 2.08. The first kappa shape index (κ1) is 18.1. The van der Waals surface area contributed by atoms with Crippen molar-refractivity contribution in [2.75, 3.05) is 18.4 Å². The average molecular weight is 350 g/mol. The molecule has 1 aromatic heterocycles. The molecule has 26 heavy (non-hydrogen) atoms. The van der Waals surface area contributed by atoms with Gasteiger partial charge in [-0.25, -0.2) is 9.97 Å². The van der Waals surface area contributed by atoms with Gasteiger partial charge < -0.3 is 10.6 Å². The second kappa shape index (κ2) is 9.70. The standard InChI is InChI=1S/C21H26N4O/c26-21(23-14-12-18-9-5-2-6-10-18)19-15-25-20(16-24-19)22-13-11-17-7-3-1-4-8-17/h2,5-7,9-10,15-16H,1,3-4,8,11-14H2,(H,22,25)(H,23,26). The second-order valence-corrected chi connectivity index (χ2v) is 6.56. The van der Waals surface area contributed by atoms with Crippen molar-refractivity contribution in [3.63, 3.8) is 0 Å². The molecule has 0 saturated carbocycles. The van der Waals surface area contributed by atoms with Crippen LogP contribution in [0.3, 0.4) is 0 Å². The van der Waals surface area contributed by atoms with Gasteiger partial charge in [-0.15, -0.1) is 0 Å². The van der Waals surface area contributed by atoms with Crippen molar-refractivity contribution >= 4 is 11.7 Å². The fourth-order valence-electron chi connectivity index (χ4n) is 3.08. The lowest BCUT2D eigenvalue weighted by atomic mass is 9.97. The third-order valence-electron chi connectivity index (χ3n) is 4.56. The third kappa shape index (κ3) is 5.69. The minimum atomic E-state index is -0.188. The number of rotatable bonds is 8.